The molecule has 0 N–H and O–H groups in total. The maximum atomic E-state index is 10.6. The molecule has 1 heterocycles. The van der Waals surface area contributed by atoms with Crippen LogP contribution >= 0.6 is 7.80 Å². The van der Waals surface area contributed by atoms with E-state index >= 15 is 0 Å². The van der Waals surface area contributed by atoms with E-state index in [1.54, 1.807) is 0 Å². The fraction of sp³-hybridized carbons (Fsp3) is 1.00. The second-order valence-corrected chi connectivity index (χ2v) is 4.06. The van der Waals surface area contributed by atoms with E-state index in [-0.39, 0.29) is 0 Å². The molecule has 0 radical (unpaired) electrons. The average Bonchev–Trinajstić information content (AvgIpc) is 1.87. The maximum absolute atomic E-state index is 10.6. The predicted octanol–water partition coefficient (Wildman–Crippen LogP) is 1.85. The summed E-state index contributed by atoms with van der Waals surface area (Å²) in [5.41, 5.74) is 0. The molecule has 0 bridgehead atoms. The first kappa shape index (κ1) is 5.24. The molecule has 1 saturated heterocycles. The number of rotatable bonds is 0. The van der Waals surface area contributed by atoms with Gasteiger partial charge in [0.15, 0.2) is 0 Å². The molecule has 1 aliphatic rings. The minimum Gasteiger partial charge on any atom is -0.0748 e. The van der Waals surface area contributed by atoms with E-state index in [0.717, 1.165) is 18.2 Å². The standard InChI is InChI=1S/C5H10OP/c1-5-2-3-7(6)4-5/h5H,2-4H2,1H3/q+1. The van der Waals surface area contributed by atoms with Gasteiger partial charge in [-0.1, -0.05) is 11.5 Å². The minimum atomic E-state index is -0.754. The Kier molecular flexibility index (Phi) is 1.43. The van der Waals surface area contributed by atoms with E-state index in [2.05, 4.69) is 6.92 Å². The van der Waals surface area contributed by atoms with E-state index < -0.39 is 7.80 Å². The first-order valence-corrected chi connectivity index (χ1v) is 4.34. The topological polar surface area (TPSA) is 17.1 Å². The summed E-state index contributed by atoms with van der Waals surface area (Å²) in [5.74, 6) is 0.739. The largest absolute Gasteiger partial charge is 0.338 e. The summed E-state index contributed by atoms with van der Waals surface area (Å²) in [6.07, 6.45) is 3.15. The molecular formula is C5H10OP+. The summed E-state index contributed by atoms with van der Waals surface area (Å²) >= 11 is 0. The third kappa shape index (κ3) is 1.24. The van der Waals surface area contributed by atoms with Crippen LogP contribution in [0.3, 0.4) is 0 Å². The monoisotopic (exact) mass is 117 g/mol. The second kappa shape index (κ2) is 1.92. The van der Waals surface area contributed by atoms with E-state index in [4.69, 9.17) is 0 Å². The Bertz CT molecular complexity index is 90.1. The molecule has 0 amide bonds. The van der Waals surface area contributed by atoms with Crippen LogP contribution in [0.2, 0.25) is 0 Å². The van der Waals surface area contributed by atoms with Crippen LogP contribution in [0.15, 0.2) is 0 Å². The van der Waals surface area contributed by atoms with E-state index in [1.165, 1.54) is 6.42 Å². The van der Waals surface area contributed by atoms with Crippen LogP contribution in [-0.4, -0.2) is 12.3 Å². The summed E-state index contributed by atoms with van der Waals surface area (Å²) in [6.45, 7) is 2.17. The first-order valence-electron chi connectivity index (χ1n) is 2.71. The Morgan fingerprint density at radius 1 is 1.71 bits per heavy atom. The van der Waals surface area contributed by atoms with Gasteiger partial charge in [0.25, 0.3) is 0 Å². The average molecular weight is 117 g/mol. The molecule has 1 nitrogen and oxygen atoms in total. The first-order chi connectivity index (χ1) is 3.29. The molecule has 1 rings (SSSR count). The fourth-order valence-corrected chi connectivity index (χ4v) is 2.68. The normalized spacial score (nSPS) is 36.7. The SMILES string of the molecule is CC1CC[P+](=O)C1. The van der Waals surface area contributed by atoms with Gasteiger partial charge in [0, 0.05) is 5.92 Å². The van der Waals surface area contributed by atoms with E-state index in [0.29, 0.717) is 0 Å². The maximum Gasteiger partial charge on any atom is 0.338 e. The van der Waals surface area contributed by atoms with Gasteiger partial charge in [0.1, 0.15) is 12.3 Å². The van der Waals surface area contributed by atoms with Gasteiger partial charge >= 0.3 is 7.80 Å². The number of hydrogen-bond donors (Lipinski definition) is 0. The van der Waals surface area contributed by atoms with Gasteiger partial charge in [-0.2, -0.15) is 0 Å². The van der Waals surface area contributed by atoms with Gasteiger partial charge < -0.3 is 0 Å². The lowest BCUT2D eigenvalue weighted by Gasteiger charge is -1.84. The number of hydrogen-bond acceptors (Lipinski definition) is 1. The van der Waals surface area contributed by atoms with Crippen molar-refractivity contribution in [2.24, 2.45) is 5.92 Å². The Labute approximate surface area is 44.9 Å². The molecule has 0 spiro atoms. The lowest BCUT2D eigenvalue weighted by Crippen LogP contribution is -1.85. The molecule has 0 aromatic carbocycles. The summed E-state index contributed by atoms with van der Waals surface area (Å²) in [4.78, 5) is 0. The summed E-state index contributed by atoms with van der Waals surface area (Å²) in [7, 11) is -0.754. The Balaban J connectivity index is 2.40. The predicted molar refractivity (Wildman–Crippen MR) is 31.1 cm³/mol. The molecule has 0 aliphatic carbocycles. The lowest BCUT2D eigenvalue weighted by atomic mass is 10.2. The van der Waals surface area contributed by atoms with Crippen molar-refractivity contribution in [3.05, 3.63) is 0 Å². The van der Waals surface area contributed by atoms with Crippen molar-refractivity contribution >= 4 is 7.80 Å². The van der Waals surface area contributed by atoms with Gasteiger partial charge in [-0.3, -0.25) is 0 Å². The third-order valence-electron chi connectivity index (χ3n) is 1.39. The van der Waals surface area contributed by atoms with Crippen molar-refractivity contribution < 1.29 is 4.57 Å². The van der Waals surface area contributed by atoms with Crippen LogP contribution < -0.4 is 0 Å². The quantitative estimate of drug-likeness (QED) is 0.442. The zero-order chi connectivity index (χ0) is 5.28. The van der Waals surface area contributed by atoms with Crippen molar-refractivity contribution in [1.29, 1.82) is 0 Å². The molecule has 2 atom stereocenters. The summed E-state index contributed by atoms with van der Waals surface area (Å²) in [6, 6.07) is 0. The van der Waals surface area contributed by atoms with Crippen molar-refractivity contribution in [2.75, 3.05) is 12.3 Å². The lowest BCUT2D eigenvalue weighted by molar-refractivity contribution is 0.589. The van der Waals surface area contributed by atoms with Crippen molar-refractivity contribution in [1.82, 2.24) is 0 Å². The van der Waals surface area contributed by atoms with Gasteiger partial charge in [-0.05, 0) is 6.42 Å². The highest BCUT2D eigenvalue weighted by molar-refractivity contribution is 7.45. The fourth-order valence-electron chi connectivity index (χ4n) is 0.895. The van der Waals surface area contributed by atoms with Crippen LogP contribution in [0.1, 0.15) is 13.3 Å². The van der Waals surface area contributed by atoms with Gasteiger partial charge in [-0.15, -0.1) is 0 Å². The Hall–Kier alpha value is 0.100. The van der Waals surface area contributed by atoms with Gasteiger partial charge in [-0.25, -0.2) is 0 Å². The van der Waals surface area contributed by atoms with Crippen LogP contribution in [0, 0.1) is 5.92 Å². The van der Waals surface area contributed by atoms with Crippen LogP contribution in [0.25, 0.3) is 0 Å². The molecule has 2 heteroatoms. The molecule has 0 aromatic heterocycles. The van der Waals surface area contributed by atoms with Crippen molar-refractivity contribution in [3.63, 3.8) is 0 Å². The van der Waals surface area contributed by atoms with Crippen molar-refractivity contribution in [3.8, 4) is 0 Å². The smallest absolute Gasteiger partial charge is 0.0748 e. The minimum absolute atomic E-state index is 0.739. The van der Waals surface area contributed by atoms with Crippen LogP contribution in [0.4, 0.5) is 0 Å². The summed E-state index contributed by atoms with van der Waals surface area (Å²) < 4.78 is 10.6. The third-order valence-corrected chi connectivity index (χ3v) is 3.17. The van der Waals surface area contributed by atoms with Crippen molar-refractivity contribution in [2.45, 2.75) is 13.3 Å². The highest BCUT2D eigenvalue weighted by Gasteiger charge is 2.28. The van der Waals surface area contributed by atoms with E-state index in [1.807, 2.05) is 0 Å². The zero-order valence-electron chi connectivity index (χ0n) is 4.55. The zero-order valence-corrected chi connectivity index (χ0v) is 5.45. The van der Waals surface area contributed by atoms with Gasteiger partial charge in [0.2, 0.25) is 0 Å². The summed E-state index contributed by atoms with van der Waals surface area (Å²) in [5, 5.41) is 0. The molecular weight excluding hydrogens is 107 g/mol. The molecule has 0 saturated carbocycles. The highest BCUT2D eigenvalue weighted by Crippen LogP contribution is 2.34. The highest BCUT2D eigenvalue weighted by atomic mass is 31.1. The molecule has 7 heavy (non-hydrogen) atoms. The Morgan fingerprint density at radius 2 is 2.43 bits per heavy atom. The molecule has 2 unspecified atom stereocenters. The molecule has 1 fully saturated rings. The van der Waals surface area contributed by atoms with E-state index in [9.17, 15) is 4.57 Å². The van der Waals surface area contributed by atoms with Crippen LogP contribution in [0.5, 0.6) is 0 Å². The molecule has 1 aliphatic heterocycles. The van der Waals surface area contributed by atoms with Crippen LogP contribution in [-0.2, 0) is 4.57 Å². The molecule has 40 valence electrons. The molecule has 0 aromatic rings. The van der Waals surface area contributed by atoms with Gasteiger partial charge in [0.05, 0.1) is 0 Å². The second-order valence-electron chi connectivity index (χ2n) is 2.28. The Morgan fingerprint density at radius 3 is 2.57 bits per heavy atom.